The lowest BCUT2D eigenvalue weighted by Gasteiger charge is -2.09. The standard InChI is InChI=1S/C31H39FN2O3/c1-3-5-7-9-10-11-13-24-22-33-30(34-23-24)25-14-16-26(17-15-25)37-31(35)28-19-18-27(21-29(28)32)36-20-12-8-6-4-2/h14-19,21-23H,3-13,20H2,1-2H3. The zero-order valence-electron chi connectivity index (χ0n) is 22.2. The normalized spacial score (nSPS) is 10.9. The molecule has 6 heteroatoms. The van der Waals surface area contributed by atoms with E-state index in [9.17, 15) is 9.18 Å². The van der Waals surface area contributed by atoms with Crippen LogP contribution in [0.1, 0.15) is 94.0 Å². The van der Waals surface area contributed by atoms with E-state index in [0.29, 0.717) is 23.9 Å². The predicted octanol–water partition coefficient (Wildman–Crippen LogP) is 8.36. The maximum absolute atomic E-state index is 14.5. The molecule has 0 amide bonds. The molecule has 0 bridgehead atoms. The maximum Gasteiger partial charge on any atom is 0.346 e. The topological polar surface area (TPSA) is 61.3 Å². The van der Waals surface area contributed by atoms with Crippen LogP contribution >= 0.6 is 0 Å². The number of aromatic nitrogens is 2. The highest BCUT2D eigenvalue weighted by Crippen LogP contribution is 2.22. The van der Waals surface area contributed by atoms with E-state index in [-0.39, 0.29) is 5.56 Å². The van der Waals surface area contributed by atoms with Crippen molar-refractivity contribution in [3.63, 3.8) is 0 Å². The van der Waals surface area contributed by atoms with Crippen molar-refractivity contribution in [2.24, 2.45) is 0 Å². The van der Waals surface area contributed by atoms with Gasteiger partial charge < -0.3 is 9.47 Å². The molecule has 3 rings (SSSR count). The number of carbonyl (C=O) groups excluding carboxylic acids is 1. The molecule has 0 aliphatic heterocycles. The molecule has 0 radical (unpaired) electrons. The number of nitrogens with zero attached hydrogens (tertiary/aromatic N) is 2. The van der Waals surface area contributed by atoms with Gasteiger partial charge in [-0.15, -0.1) is 0 Å². The Kier molecular flexibility index (Phi) is 12.0. The van der Waals surface area contributed by atoms with Crippen molar-refractivity contribution in [3.05, 3.63) is 71.8 Å². The Morgan fingerprint density at radius 2 is 1.41 bits per heavy atom. The van der Waals surface area contributed by atoms with Crippen LogP contribution < -0.4 is 9.47 Å². The molecule has 0 fully saturated rings. The third kappa shape index (κ3) is 9.60. The summed E-state index contributed by atoms with van der Waals surface area (Å²) in [6.45, 7) is 4.90. The minimum absolute atomic E-state index is 0.133. The smallest absolute Gasteiger partial charge is 0.346 e. The number of ether oxygens (including phenoxy) is 2. The van der Waals surface area contributed by atoms with Crippen LogP contribution in [0.4, 0.5) is 4.39 Å². The molecule has 0 unspecified atom stereocenters. The molecule has 0 atom stereocenters. The number of unbranched alkanes of at least 4 members (excludes halogenated alkanes) is 8. The van der Waals surface area contributed by atoms with Gasteiger partial charge in [-0.1, -0.05) is 65.2 Å². The number of esters is 1. The molecule has 0 spiro atoms. The second-order valence-corrected chi connectivity index (χ2v) is 9.40. The Morgan fingerprint density at radius 1 is 0.784 bits per heavy atom. The Labute approximate surface area is 220 Å². The number of halogens is 1. The molecule has 1 aromatic heterocycles. The molecule has 3 aromatic rings. The third-order valence-electron chi connectivity index (χ3n) is 6.27. The van der Waals surface area contributed by atoms with E-state index in [1.54, 1.807) is 30.3 Å². The second kappa shape index (κ2) is 15.7. The fraction of sp³-hybridized carbons (Fsp3) is 0.452. The molecule has 2 aromatic carbocycles. The van der Waals surface area contributed by atoms with Crippen LogP contribution in [0.2, 0.25) is 0 Å². The molecule has 1 heterocycles. The molecule has 5 nitrogen and oxygen atoms in total. The van der Waals surface area contributed by atoms with Crippen LogP contribution in [0.15, 0.2) is 54.9 Å². The van der Waals surface area contributed by atoms with Crippen molar-refractivity contribution in [1.29, 1.82) is 0 Å². The molecule has 0 N–H and O–H groups in total. The van der Waals surface area contributed by atoms with E-state index in [1.807, 2.05) is 12.4 Å². The highest BCUT2D eigenvalue weighted by molar-refractivity contribution is 5.91. The zero-order valence-corrected chi connectivity index (χ0v) is 22.2. The minimum atomic E-state index is -0.755. The average molecular weight is 507 g/mol. The van der Waals surface area contributed by atoms with E-state index in [2.05, 4.69) is 23.8 Å². The van der Waals surface area contributed by atoms with E-state index in [4.69, 9.17) is 9.47 Å². The quantitative estimate of drug-likeness (QED) is 0.111. The molecular weight excluding hydrogens is 467 g/mol. The minimum Gasteiger partial charge on any atom is -0.493 e. The summed E-state index contributed by atoms with van der Waals surface area (Å²) in [5.41, 5.74) is 1.82. The zero-order chi connectivity index (χ0) is 26.3. The van der Waals surface area contributed by atoms with Gasteiger partial charge in [0.05, 0.1) is 12.2 Å². The lowest BCUT2D eigenvalue weighted by atomic mass is 10.1. The van der Waals surface area contributed by atoms with Crippen molar-refractivity contribution < 1.29 is 18.7 Å². The first kappa shape index (κ1) is 28.3. The Hall–Kier alpha value is -3.28. The predicted molar refractivity (Wildman–Crippen MR) is 146 cm³/mol. The van der Waals surface area contributed by atoms with Crippen molar-refractivity contribution in [3.8, 4) is 22.9 Å². The van der Waals surface area contributed by atoms with Gasteiger partial charge in [-0.2, -0.15) is 0 Å². The number of carbonyl (C=O) groups is 1. The monoisotopic (exact) mass is 506 g/mol. The summed E-state index contributed by atoms with van der Waals surface area (Å²) in [5.74, 6) is -0.0740. The lowest BCUT2D eigenvalue weighted by molar-refractivity contribution is 0.0730. The Morgan fingerprint density at radius 3 is 2.08 bits per heavy atom. The molecule has 0 aliphatic rings. The van der Waals surface area contributed by atoms with Gasteiger partial charge >= 0.3 is 5.97 Å². The van der Waals surface area contributed by atoms with Crippen LogP contribution in [0.3, 0.4) is 0 Å². The van der Waals surface area contributed by atoms with E-state index in [1.165, 1.54) is 44.2 Å². The summed E-state index contributed by atoms with van der Waals surface area (Å²) in [7, 11) is 0. The number of hydrogen-bond donors (Lipinski definition) is 0. The third-order valence-corrected chi connectivity index (χ3v) is 6.27. The maximum atomic E-state index is 14.5. The van der Waals surface area contributed by atoms with Gasteiger partial charge in [0.1, 0.15) is 17.3 Å². The number of hydrogen-bond acceptors (Lipinski definition) is 5. The molecule has 0 saturated heterocycles. The van der Waals surface area contributed by atoms with Crippen LogP contribution in [-0.2, 0) is 6.42 Å². The number of benzene rings is 2. The summed E-state index contributed by atoms with van der Waals surface area (Å²) in [6.07, 6.45) is 16.6. The van der Waals surface area contributed by atoms with E-state index < -0.39 is 11.8 Å². The van der Waals surface area contributed by atoms with Gasteiger partial charge in [0.2, 0.25) is 0 Å². The van der Waals surface area contributed by atoms with E-state index in [0.717, 1.165) is 49.7 Å². The van der Waals surface area contributed by atoms with Crippen LogP contribution in [-0.4, -0.2) is 22.5 Å². The number of aryl methyl sites for hydroxylation is 1. The molecule has 198 valence electrons. The van der Waals surface area contributed by atoms with E-state index >= 15 is 0 Å². The first-order chi connectivity index (χ1) is 18.1. The molecule has 37 heavy (non-hydrogen) atoms. The van der Waals surface area contributed by atoms with Crippen LogP contribution in [0.25, 0.3) is 11.4 Å². The summed E-state index contributed by atoms with van der Waals surface area (Å²) in [5, 5.41) is 0. The first-order valence-electron chi connectivity index (χ1n) is 13.7. The fourth-order valence-corrected chi connectivity index (χ4v) is 4.05. The van der Waals surface area contributed by atoms with Crippen molar-refractivity contribution >= 4 is 5.97 Å². The summed E-state index contributed by atoms with van der Waals surface area (Å²) in [6, 6.07) is 11.1. The van der Waals surface area contributed by atoms with Crippen LogP contribution in [0, 0.1) is 5.82 Å². The Balaban J connectivity index is 1.49. The first-order valence-corrected chi connectivity index (χ1v) is 13.7. The van der Waals surface area contributed by atoms with Gasteiger partial charge in [-0.25, -0.2) is 19.2 Å². The Bertz CT molecular complexity index is 1080. The lowest BCUT2D eigenvalue weighted by Crippen LogP contribution is -2.11. The summed E-state index contributed by atoms with van der Waals surface area (Å²) >= 11 is 0. The molecule has 0 aliphatic carbocycles. The van der Waals surface area contributed by atoms with Gasteiger partial charge in [0.25, 0.3) is 0 Å². The SMILES string of the molecule is CCCCCCCCc1cnc(-c2ccc(OC(=O)c3ccc(OCCCCCC)cc3F)cc2)nc1. The van der Waals surface area contributed by atoms with Crippen LogP contribution in [0.5, 0.6) is 11.5 Å². The van der Waals surface area contributed by atoms with Crippen molar-refractivity contribution in [2.75, 3.05) is 6.61 Å². The molecule has 0 saturated carbocycles. The second-order valence-electron chi connectivity index (χ2n) is 9.40. The van der Waals surface area contributed by atoms with Gasteiger partial charge in [0, 0.05) is 24.0 Å². The average Bonchev–Trinajstić information content (AvgIpc) is 2.91. The summed E-state index contributed by atoms with van der Waals surface area (Å²) in [4.78, 5) is 21.5. The number of rotatable bonds is 16. The van der Waals surface area contributed by atoms with Crippen molar-refractivity contribution in [1.82, 2.24) is 9.97 Å². The van der Waals surface area contributed by atoms with Gasteiger partial charge in [-0.3, -0.25) is 0 Å². The van der Waals surface area contributed by atoms with Gasteiger partial charge in [0.15, 0.2) is 5.82 Å². The fourth-order valence-electron chi connectivity index (χ4n) is 4.05. The highest BCUT2D eigenvalue weighted by atomic mass is 19.1. The highest BCUT2D eigenvalue weighted by Gasteiger charge is 2.15. The molecular formula is C31H39FN2O3. The largest absolute Gasteiger partial charge is 0.493 e. The van der Waals surface area contributed by atoms with Crippen molar-refractivity contribution in [2.45, 2.75) is 84.5 Å². The van der Waals surface area contributed by atoms with Gasteiger partial charge in [-0.05, 0) is 61.2 Å². The summed E-state index contributed by atoms with van der Waals surface area (Å²) < 4.78 is 25.5.